The molecule has 30 heavy (non-hydrogen) atoms. The number of hydrogen-bond acceptors (Lipinski definition) is 6. The summed E-state index contributed by atoms with van der Waals surface area (Å²) < 4.78 is 37.4. The monoisotopic (exact) mass is 453 g/mol. The van der Waals surface area contributed by atoms with Crippen molar-refractivity contribution in [2.75, 3.05) is 52.3 Å². The minimum atomic E-state index is -3.58. The molecule has 1 amide bonds. The molecule has 0 saturated carbocycles. The fourth-order valence-corrected chi connectivity index (χ4v) is 4.74. The largest absolute Gasteiger partial charge is 0.497 e. The normalized spacial score (nSPS) is 15.6. The standard InChI is InChI=1S/C20H24ClN3O5S/c1-28-16-5-8-19(29-2)18(13-16)22-20(25)14-23-9-11-24(12-10-23)30(26,27)17-6-3-15(21)4-7-17/h3-8,13H,9-12,14H2,1-2H3,(H,22,25). The number of carbonyl (C=O) groups excluding carboxylic acids is 1. The number of nitrogens with zero attached hydrogens (tertiary/aromatic N) is 2. The van der Waals surface area contributed by atoms with Gasteiger partial charge >= 0.3 is 0 Å². The van der Waals surface area contributed by atoms with Gasteiger partial charge in [0.05, 0.1) is 31.3 Å². The molecule has 1 saturated heterocycles. The second-order valence-electron chi connectivity index (χ2n) is 6.75. The van der Waals surface area contributed by atoms with Gasteiger partial charge in [-0.3, -0.25) is 9.69 Å². The number of nitrogens with one attached hydrogen (secondary N) is 1. The average molecular weight is 454 g/mol. The number of piperazine rings is 1. The van der Waals surface area contributed by atoms with Crippen LogP contribution < -0.4 is 14.8 Å². The summed E-state index contributed by atoms with van der Waals surface area (Å²) >= 11 is 5.84. The molecule has 0 radical (unpaired) electrons. The van der Waals surface area contributed by atoms with Gasteiger partial charge in [-0.25, -0.2) is 8.42 Å². The van der Waals surface area contributed by atoms with E-state index in [-0.39, 0.29) is 17.3 Å². The minimum absolute atomic E-state index is 0.148. The second kappa shape index (κ2) is 9.65. The third-order valence-electron chi connectivity index (χ3n) is 4.83. The van der Waals surface area contributed by atoms with E-state index in [4.69, 9.17) is 21.1 Å². The maximum Gasteiger partial charge on any atom is 0.243 e. The first kappa shape index (κ1) is 22.4. The highest BCUT2D eigenvalue weighted by Crippen LogP contribution is 2.29. The van der Waals surface area contributed by atoms with Crippen LogP contribution >= 0.6 is 11.6 Å². The van der Waals surface area contributed by atoms with Gasteiger partial charge in [0.1, 0.15) is 11.5 Å². The van der Waals surface area contributed by atoms with E-state index in [1.807, 2.05) is 4.90 Å². The molecule has 0 unspecified atom stereocenters. The summed E-state index contributed by atoms with van der Waals surface area (Å²) in [5.41, 5.74) is 0.519. The number of methoxy groups -OCH3 is 2. The van der Waals surface area contributed by atoms with Gasteiger partial charge in [0, 0.05) is 37.3 Å². The van der Waals surface area contributed by atoms with Gasteiger partial charge in [0.15, 0.2) is 0 Å². The second-order valence-corrected chi connectivity index (χ2v) is 9.12. The SMILES string of the molecule is COc1ccc(OC)c(NC(=O)CN2CCN(S(=O)(=O)c3ccc(Cl)cc3)CC2)c1. The van der Waals surface area contributed by atoms with Crippen molar-refractivity contribution in [1.29, 1.82) is 0 Å². The maximum absolute atomic E-state index is 12.8. The molecule has 1 heterocycles. The number of hydrogen-bond donors (Lipinski definition) is 1. The molecule has 8 nitrogen and oxygen atoms in total. The molecule has 0 aromatic heterocycles. The molecule has 0 atom stereocenters. The molecular formula is C20H24ClN3O5S. The molecule has 1 fully saturated rings. The Morgan fingerprint density at radius 2 is 1.70 bits per heavy atom. The van der Waals surface area contributed by atoms with Crippen LogP contribution in [0.5, 0.6) is 11.5 Å². The number of ether oxygens (including phenoxy) is 2. The number of anilines is 1. The summed E-state index contributed by atoms with van der Waals surface area (Å²) in [6, 6.07) is 11.3. The third kappa shape index (κ3) is 5.23. The van der Waals surface area contributed by atoms with Crippen molar-refractivity contribution in [3.8, 4) is 11.5 Å². The van der Waals surface area contributed by atoms with E-state index in [2.05, 4.69) is 5.32 Å². The fourth-order valence-electron chi connectivity index (χ4n) is 3.19. The van der Waals surface area contributed by atoms with Crippen molar-refractivity contribution >= 4 is 33.2 Å². The van der Waals surface area contributed by atoms with E-state index in [0.717, 1.165) is 0 Å². The quantitative estimate of drug-likeness (QED) is 0.692. The number of benzene rings is 2. The van der Waals surface area contributed by atoms with Crippen LogP contribution in [0.1, 0.15) is 0 Å². The molecule has 1 N–H and O–H groups in total. The lowest BCUT2D eigenvalue weighted by atomic mass is 10.2. The molecule has 3 rings (SSSR count). The van der Waals surface area contributed by atoms with Crippen molar-refractivity contribution in [2.24, 2.45) is 0 Å². The molecule has 162 valence electrons. The molecule has 10 heteroatoms. The lowest BCUT2D eigenvalue weighted by Gasteiger charge is -2.33. The molecule has 0 bridgehead atoms. The smallest absolute Gasteiger partial charge is 0.243 e. The number of amides is 1. The highest BCUT2D eigenvalue weighted by molar-refractivity contribution is 7.89. The summed E-state index contributed by atoms with van der Waals surface area (Å²) in [5, 5.41) is 3.31. The van der Waals surface area contributed by atoms with E-state index < -0.39 is 10.0 Å². The zero-order valence-electron chi connectivity index (χ0n) is 16.8. The van der Waals surface area contributed by atoms with Crippen LogP contribution in [0, 0.1) is 0 Å². The Morgan fingerprint density at radius 1 is 1.03 bits per heavy atom. The highest BCUT2D eigenvalue weighted by Gasteiger charge is 2.29. The first-order valence-electron chi connectivity index (χ1n) is 9.33. The van der Waals surface area contributed by atoms with Crippen molar-refractivity contribution in [3.05, 3.63) is 47.5 Å². The van der Waals surface area contributed by atoms with E-state index in [1.165, 1.54) is 23.5 Å². The Labute approximate surface area is 181 Å². The average Bonchev–Trinajstić information content (AvgIpc) is 2.74. The van der Waals surface area contributed by atoms with Gasteiger partial charge in [0.2, 0.25) is 15.9 Å². The summed E-state index contributed by atoms with van der Waals surface area (Å²) in [4.78, 5) is 14.6. The van der Waals surface area contributed by atoms with Crippen LogP contribution in [0.25, 0.3) is 0 Å². The lowest BCUT2D eigenvalue weighted by Crippen LogP contribution is -2.50. The predicted octanol–water partition coefficient (Wildman–Crippen LogP) is 2.30. The van der Waals surface area contributed by atoms with Gasteiger partial charge in [0.25, 0.3) is 0 Å². The van der Waals surface area contributed by atoms with Crippen LogP contribution in [-0.2, 0) is 14.8 Å². The molecule has 0 aliphatic carbocycles. The Balaban J connectivity index is 1.57. The number of rotatable bonds is 7. The van der Waals surface area contributed by atoms with Crippen molar-refractivity contribution in [1.82, 2.24) is 9.21 Å². The number of halogens is 1. The zero-order chi connectivity index (χ0) is 21.7. The Morgan fingerprint density at radius 3 is 2.30 bits per heavy atom. The summed E-state index contributed by atoms with van der Waals surface area (Å²) in [7, 11) is -0.507. The minimum Gasteiger partial charge on any atom is -0.497 e. The van der Waals surface area contributed by atoms with Crippen molar-refractivity contribution < 1.29 is 22.7 Å². The van der Waals surface area contributed by atoms with E-state index >= 15 is 0 Å². The van der Waals surface area contributed by atoms with Crippen LogP contribution in [0.2, 0.25) is 5.02 Å². The molecule has 1 aliphatic rings. The van der Waals surface area contributed by atoms with Gasteiger partial charge < -0.3 is 14.8 Å². The Kier molecular flexibility index (Phi) is 7.19. The third-order valence-corrected chi connectivity index (χ3v) is 7.00. The van der Waals surface area contributed by atoms with E-state index in [9.17, 15) is 13.2 Å². The highest BCUT2D eigenvalue weighted by atomic mass is 35.5. The number of carbonyl (C=O) groups is 1. The molecular weight excluding hydrogens is 430 g/mol. The molecule has 2 aromatic rings. The van der Waals surface area contributed by atoms with Gasteiger partial charge in [-0.1, -0.05) is 11.6 Å². The summed E-state index contributed by atoms with van der Waals surface area (Å²) in [6.07, 6.45) is 0. The fraction of sp³-hybridized carbons (Fsp3) is 0.350. The van der Waals surface area contributed by atoms with Crippen molar-refractivity contribution in [3.63, 3.8) is 0 Å². The lowest BCUT2D eigenvalue weighted by molar-refractivity contribution is -0.117. The number of sulfonamides is 1. The topological polar surface area (TPSA) is 88.2 Å². The predicted molar refractivity (Wildman–Crippen MR) is 115 cm³/mol. The summed E-state index contributed by atoms with van der Waals surface area (Å²) in [6.45, 7) is 1.67. The van der Waals surface area contributed by atoms with E-state index in [0.29, 0.717) is 48.4 Å². The van der Waals surface area contributed by atoms with Crippen LogP contribution in [0.4, 0.5) is 5.69 Å². The van der Waals surface area contributed by atoms with Gasteiger partial charge in [-0.2, -0.15) is 4.31 Å². The van der Waals surface area contributed by atoms with Crippen LogP contribution in [0.15, 0.2) is 47.4 Å². The van der Waals surface area contributed by atoms with Crippen LogP contribution in [-0.4, -0.2) is 70.5 Å². The molecule has 1 aliphatic heterocycles. The molecule has 0 spiro atoms. The van der Waals surface area contributed by atoms with E-state index in [1.54, 1.807) is 37.4 Å². The first-order chi connectivity index (χ1) is 14.3. The first-order valence-corrected chi connectivity index (χ1v) is 11.2. The van der Waals surface area contributed by atoms with Gasteiger partial charge in [-0.15, -0.1) is 0 Å². The summed E-state index contributed by atoms with van der Waals surface area (Å²) in [5.74, 6) is 0.922. The maximum atomic E-state index is 12.8. The zero-order valence-corrected chi connectivity index (χ0v) is 18.4. The Hall–Kier alpha value is -2.33. The van der Waals surface area contributed by atoms with Gasteiger partial charge in [-0.05, 0) is 36.4 Å². The van der Waals surface area contributed by atoms with Crippen LogP contribution in [0.3, 0.4) is 0 Å². The van der Waals surface area contributed by atoms with Crippen molar-refractivity contribution in [2.45, 2.75) is 4.90 Å². The molecule has 2 aromatic carbocycles. The Bertz CT molecular complexity index is 990.